The maximum absolute atomic E-state index is 13.2. The summed E-state index contributed by atoms with van der Waals surface area (Å²) in [5.41, 5.74) is 3.38. The molecule has 1 aromatic heterocycles. The zero-order chi connectivity index (χ0) is 20.2. The molecule has 0 saturated carbocycles. The number of phenolic OH excluding ortho intramolecular Hbond substituents is 1. The van der Waals surface area contributed by atoms with Crippen molar-refractivity contribution in [1.82, 2.24) is 14.8 Å². The zero-order valence-electron chi connectivity index (χ0n) is 16.4. The van der Waals surface area contributed by atoms with Gasteiger partial charge in [-0.25, -0.2) is 4.68 Å². The fourth-order valence-corrected chi connectivity index (χ4v) is 4.28. The highest BCUT2D eigenvalue weighted by Gasteiger charge is 2.41. The normalized spacial score (nSPS) is 20.1. The Bertz CT molecular complexity index is 1130. The van der Waals surface area contributed by atoms with Crippen LogP contribution in [-0.2, 0) is 4.79 Å². The minimum absolute atomic E-state index is 0.104. The first kappa shape index (κ1) is 17.7. The first-order chi connectivity index (χ1) is 13.9. The van der Waals surface area contributed by atoms with Crippen molar-refractivity contribution >= 4 is 11.7 Å². The Morgan fingerprint density at radius 1 is 1.07 bits per heavy atom. The lowest BCUT2D eigenvalue weighted by atomic mass is 9.73. The fourth-order valence-electron chi connectivity index (χ4n) is 4.28. The number of hydrogen-bond donors (Lipinski definition) is 2. The second kappa shape index (κ2) is 6.30. The van der Waals surface area contributed by atoms with E-state index in [-0.39, 0.29) is 23.0 Å². The molecule has 1 aliphatic carbocycles. The van der Waals surface area contributed by atoms with Crippen LogP contribution in [0, 0.1) is 5.41 Å². The first-order valence-corrected chi connectivity index (χ1v) is 9.75. The van der Waals surface area contributed by atoms with Crippen molar-refractivity contribution in [3.63, 3.8) is 0 Å². The Balaban J connectivity index is 1.69. The summed E-state index contributed by atoms with van der Waals surface area (Å²) in [5.74, 6) is 1.57. The highest BCUT2D eigenvalue weighted by molar-refractivity contribution is 6.00. The summed E-state index contributed by atoms with van der Waals surface area (Å²) >= 11 is 0. The van der Waals surface area contributed by atoms with E-state index in [0.717, 1.165) is 28.8 Å². The van der Waals surface area contributed by atoms with Gasteiger partial charge in [0.1, 0.15) is 11.8 Å². The smallest absolute Gasteiger partial charge is 0.226 e. The van der Waals surface area contributed by atoms with Crippen molar-refractivity contribution in [3.05, 3.63) is 71.4 Å². The number of rotatable bonds is 2. The number of Topliss-reactive ketones (excluding diaryl/α,β-unsaturated/α-hetero) is 1. The molecule has 0 saturated heterocycles. The third-order valence-corrected chi connectivity index (χ3v) is 5.57. The van der Waals surface area contributed by atoms with Crippen LogP contribution in [0.1, 0.15) is 38.3 Å². The van der Waals surface area contributed by atoms with E-state index in [0.29, 0.717) is 18.2 Å². The number of anilines is 1. The molecule has 2 N–H and O–H groups in total. The number of nitrogens with zero attached hydrogens (tertiary/aromatic N) is 3. The molecule has 146 valence electrons. The Labute approximate surface area is 168 Å². The van der Waals surface area contributed by atoms with Crippen LogP contribution >= 0.6 is 0 Å². The van der Waals surface area contributed by atoms with E-state index in [1.807, 2.05) is 42.5 Å². The van der Waals surface area contributed by atoms with Crippen LogP contribution in [0.4, 0.5) is 5.95 Å². The molecule has 1 atom stereocenters. The van der Waals surface area contributed by atoms with Gasteiger partial charge in [-0.15, -0.1) is 5.10 Å². The van der Waals surface area contributed by atoms with E-state index < -0.39 is 0 Å². The second-order valence-corrected chi connectivity index (χ2v) is 8.52. The zero-order valence-corrected chi connectivity index (χ0v) is 16.4. The van der Waals surface area contributed by atoms with Crippen molar-refractivity contribution in [1.29, 1.82) is 0 Å². The highest BCUT2D eigenvalue weighted by atomic mass is 16.3. The quantitative estimate of drug-likeness (QED) is 0.686. The highest BCUT2D eigenvalue weighted by Crippen LogP contribution is 2.45. The number of ketones is 1. The number of phenols is 1. The van der Waals surface area contributed by atoms with Gasteiger partial charge in [-0.1, -0.05) is 56.3 Å². The molecule has 3 aromatic rings. The molecule has 0 unspecified atom stereocenters. The van der Waals surface area contributed by atoms with Crippen LogP contribution in [0.5, 0.6) is 5.75 Å². The summed E-state index contributed by atoms with van der Waals surface area (Å²) in [7, 11) is 0. The van der Waals surface area contributed by atoms with Crippen molar-refractivity contribution in [2.24, 2.45) is 5.41 Å². The summed E-state index contributed by atoms with van der Waals surface area (Å²) in [6.45, 7) is 4.22. The molecule has 0 spiro atoms. The molecule has 2 aromatic carbocycles. The number of nitrogens with one attached hydrogen (secondary N) is 1. The molecule has 2 heterocycles. The van der Waals surface area contributed by atoms with E-state index >= 15 is 0 Å². The number of carbonyl (C=O) groups excluding carboxylic acids is 1. The SMILES string of the molecule is CC1(C)CC(=O)C2=C(C1)Nc1nc(-c3ccccc3)nn1[C@H]2c1ccc(O)cc1. The third kappa shape index (κ3) is 3.01. The molecular weight excluding hydrogens is 364 g/mol. The molecule has 0 radical (unpaired) electrons. The van der Waals surface area contributed by atoms with Crippen LogP contribution in [0.3, 0.4) is 0 Å². The van der Waals surface area contributed by atoms with Gasteiger partial charge in [0.25, 0.3) is 0 Å². The lowest BCUT2D eigenvalue weighted by Crippen LogP contribution is -2.36. The van der Waals surface area contributed by atoms with Gasteiger partial charge in [0.2, 0.25) is 5.95 Å². The number of allylic oxidation sites excluding steroid dienone is 2. The molecule has 29 heavy (non-hydrogen) atoms. The molecule has 1 aliphatic heterocycles. The number of aromatic nitrogens is 3. The lowest BCUT2D eigenvalue weighted by molar-refractivity contribution is -0.118. The van der Waals surface area contributed by atoms with Gasteiger partial charge < -0.3 is 10.4 Å². The number of benzene rings is 2. The van der Waals surface area contributed by atoms with Gasteiger partial charge in [0.05, 0.1) is 0 Å². The minimum Gasteiger partial charge on any atom is -0.508 e. The fraction of sp³-hybridized carbons (Fsp3) is 0.261. The predicted octanol–water partition coefficient (Wildman–Crippen LogP) is 4.31. The molecule has 0 amide bonds. The van der Waals surface area contributed by atoms with Crippen molar-refractivity contribution < 1.29 is 9.90 Å². The Hall–Kier alpha value is -3.41. The van der Waals surface area contributed by atoms with Crippen LogP contribution in [-0.4, -0.2) is 25.7 Å². The van der Waals surface area contributed by atoms with Crippen LogP contribution in [0.2, 0.25) is 0 Å². The monoisotopic (exact) mass is 386 g/mol. The number of carbonyl (C=O) groups is 1. The Morgan fingerprint density at radius 2 is 1.79 bits per heavy atom. The van der Waals surface area contributed by atoms with Gasteiger partial charge in [0.15, 0.2) is 11.6 Å². The van der Waals surface area contributed by atoms with Crippen LogP contribution in [0.25, 0.3) is 11.4 Å². The summed E-state index contributed by atoms with van der Waals surface area (Å²) in [4.78, 5) is 17.9. The third-order valence-electron chi connectivity index (χ3n) is 5.57. The van der Waals surface area contributed by atoms with Gasteiger partial charge in [-0.3, -0.25) is 4.79 Å². The number of hydrogen-bond acceptors (Lipinski definition) is 5. The average Bonchev–Trinajstić information content (AvgIpc) is 3.10. The molecule has 0 bridgehead atoms. The summed E-state index contributed by atoms with van der Waals surface area (Å²) < 4.78 is 1.80. The number of aromatic hydroxyl groups is 1. The van der Waals surface area contributed by atoms with E-state index in [9.17, 15) is 9.90 Å². The van der Waals surface area contributed by atoms with Crippen molar-refractivity contribution in [3.8, 4) is 17.1 Å². The molecule has 6 nitrogen and oxygen atoms in total. The average molecular weight is 386 g/mol. The van der Waals surface area contributed by atoms with Gasteiger partial charge in [0, 0.05) is 23.3 Å². The van der Waals surface area contributed by atoms with Gasteiger partial charge in [-0.2, -0.15) is 4.98 Å². The van der Waals surface area contributed by atoms with Gasteiger partial charge in [-0.05, 0) is 29.5 Å². The predicted molar refractivity (Wildman–Crippen MR) is 110 cm³/mol. The van der Waals surface area contributed by atoms with Crippen molar-refractivity contribution in [2.75, 3.05) is 5.32 Å². The molecule has 6 heteroatoms. The van der Waals surface area contributed by atoms with E-state index in [4.69, 9.17) is 10.1 Å². The molecule has 2 aliphatic rings. The Kier molecular flexibility index (Phi) is 3.84. The maximum atomic E-state index is 13.2. The molecule has 5 rings (SSSR count). The van der Waals surface area contributed by atoms with E-state index in [1.54, 1.807) is 16.8 Å². The largest absolute Gasteiger partial charge is 0.508 e. The van der Waals surface area contributed by atoms with Crippen LogP contribution < -0.4 is 5.32 Å². The van der Waals surface area contributed by atoms with Crippen LogP contribution in [0.15, 0.2) is 65.9 Å². The molecular formula is C23H22N4O2. The topological polar surface area (TPSA) is 80.0 Å². The Morgan fingerprint density at radius 3 is 2.52 bits per heavy atom. The second-order valence-electron chi connectivity index (χ2n) is 8.52. The lowest BCUT2D eigenvalue weighted by Gasteiger charge is -2.38. The standard InChI is InChI=1S/C23H22N4O2/c1-23(2)12-17-19(18(29)13-23)20(14-8-10-16(28)11-9-14)27-22(24-17)25-21(26-27)15-6-4-3-5-7-15/h3-11,20,28H,12-13H2,1-2H3,(H,24,25,26)/t20-/m0/s1. The van der Waals surface area contributed by atoms with Gasteiger partial charge >= 0.3 is 0 Å². The van der Waals surface area contributed by atoms with Crippen molar-refractivity contribution in [2.45, 2.75) is 32.7 Å². The number of fused-ring (bicyclic) bond motifs is 1. The summed E-state index contributed by atoms with van der Waals surface area (Å²) in [6.07, 6.45) is 1.27. The molecule has 0 fully saturated rings. The first-order valence-electron chi connectivity index (χ1n) is 9.75. The maximum Gasteiger partial charge on any atom is 0.226 e. The minimum atomic E-state index is -0.365. The van der Waals surface area contributed by atoms with E-state index in [1.165, 1.54) is 0 Å². The van der Waals surface area contributed by atoms with E-state index in [2.05, 4.69) is 19.2 Å². The summed E-state index contributed by atoms with van der Waals surface area (Å²) in [6, 6.07) is 16.4. The summed E-state index contributed by atoms with van der Waals surface area (Å²) in [5, 5.41) is 17.9.